The molecule has 0 bridgehead atoms. The van der Waals surface area contributed by atoms with Crippen LogP contribution in [0.3, 0.4) is 0 Å². The molecular weight excluding hydrogens is 230 g/mol. The number of aliphatic hydroxyl groups is 1. The fourth-order valence-corrected chi connectivity index (χ4v) is 1.68. The van der Waals surface area contributed by atoms with E-state index >= 15 is 0 Å². The normalized spacial score (nSPS) is 12.7. The highest BCUT2D eigenvalue weighted by atomic mass is 16.4. The second kappa shape index (κ2) is 7.13. The quantitative estimate of drug-likeness (QED) is 0.690. The highest BCUT2D eigenvalue weighted by Crippen LogP contribution is 2.14. The van der Waals surface area contributed by atoms with Crippen LogP contribution in [0, 0.1) is 0 Å². The molecule has 0 amide bonds. The third-order valence-corrected chi connectivity index (χ3v) is 2.77. The zero-order valence-corrected chi connectivity index (χ0v) is 10.9. The molecule has 100 valence electrons. The van der Waals surface area contributed by atoms with Crippen molar-refractivity contribution in [2.75, 3.05) is 6.54 Å². The van der Waals surface area contributed by atoms with Gasteiger partial charge in [-0.1, -0.05) is 38.1 Å². The SMILES string of the molecule is CC(C)c1ccc(CNCC(O)CC(=O)O)cc1. The van der Waals surface area contributed by atoms with Crippen molar-refractivity contribution in [1.82, 2.24) is 5.32 Å². The van der Waals surface area contributed by atoms with E-state index in [-0.39, 0.29) is 13.0 Å². The fourth-order valence-electron chi connectivity index (χ4n) is 1.68. The zero-order valence-electron chi connectivity index (χ0n) is 10.9. The summed E-state index contributed by atoms with van der Waals surface area (Å²) in [4.78, 5) is 10.4. The maximum Gasteiger partial charge on any atom is 0.306 e. The van der Waals surface area contributed by atoms with Gasteiger partial charge in [-0.25, -0.2) is 0 Å². The van der Waals surface area contributed by atoms with Gasteiger partial charge in [0, 0.05) is 13.1 Å². The molecule has 0 aliphatic heterocycles. The lowest BCUT2D eigenvalue weighted by atomic mass is 10.0. The first-order valence-electron chi connectivity index (χ1n) is 6.18. The Morgan fingerprint density at radius 3 is 2.39 bits per heavy atom. The predicted molar refractivity (Wildman–Crippen MR) is 70.5 cm³/mol. The number of hydrogen-bond donors (Lipinski definition) is 3. The Morgan fingerprint density at radius 1 is 1.28 bits per heavy atom. The summed E-state index contributed by atoms with van der Waals surface area (Å²) < 4.78 is 0. The minimum Gasteiger partial charge on any atom is -0.481 e. The standard InChI is InChI=1S/C14H21NO3/c1-10(2)12-5-3-11(4-6-12)8-15-9-13(16)7-14(17)18/h3-6,10,13,15-16H,7-9H2,1-2H3,(H,17,18). The molecule has 3 N–H and O–H groups in total. The van der Waals surface area contributed by atoms with Crippen LogP contribution in [-0.4, -0.2) is 28.8 Å². The molecular formula is C14H21NO3. The first kappa shape index (κ1) is 14.7. The van der Waals surface area contributed by atoms with Crippen LogP contribution >= 0.6 is 0 Å². The number of nitrogens with one attached hydrogen (secondary N) is 1. The zero-order chi connectivity index (χ0) is 13.5. The van der Waals surface area contributed by atoms with Gasteiger partial charge in [-0.3, -0.25) is 4.79 Å². The average Bonchev–Trinajstić information content (AvgIpc) is 2.28. The van der Waals surface area contributed by atoms with Gasteiger partial charge in [-0.05, 0) is 17.0 Å². The van der Waals surface area contributed by atoms with E-state index in [1.807, 2.05) is 12.1 Å². The molecule has 0 spiro atoms. The first-order valence-corrected chi connectivity index (χ1v) is 6.18. The van der Waals surface area contributed by atoms with Crippen molar-refractivity contribution in [1.29, 1.82) is 0 Å². The van der Waals surface area contributed by atoms with E-state index < -0.39 is 12.1 Å². The lowest BCUT2D eigenvalue weighted by Crippen LogP contribution is -2.28. The van der Waals surface area contributed by atoms with Crippen LogP contribution in [0.1, 0.15) is 37.3 Å². The second-order valence-corrected chi connectivity index (χ2v) is 4.78. The van der Waals surface area contributed by atoms with Gasteiger partial charge in [0.1, 0.15) is 0 Å². The number of hydrogen-bond acceptors (Lipinski definition) is 3. The Labute approximate surface area is 108 Å². The summed E-state index contributed by atoms with van der Waals surface area (Å²) in [6, 6.07) is 8.28. The van der Waals surface area contributed by atoms with Crippen LogP contribution in [-0.2, 0) is 11.3 Å². The van der Waals surface area contributed by atoms with Gasteiger partial charge < -0.3 is 15.5 Å². The summed E-state index contributed by atoms with van der Waals surface area (Å²) in [5, 5.41) is 20.9. The average molecular weight is 251 g/mol. The van der Waals surface area contributed by atoms with Crippen molar-refractivity contribution >= 4 is 5.97 Å². The minimum absolute atomic E-state index is 0.223. The Hall–Kier alpha value is -1.39. The molecule has 0 heterocycles. The molecule has 0 aromatic heterocycles. The molecule has 0 saturated carbocycles. The van der Waals surface area contributed by atoms with E-state index in [2.05, 4.69) is 31.3 Å². The van der Waals surface area contributed by atoms with Crippen molar-refractivity contribution in [2.24, 2.45) is 0 Å². The summed E-state index contributed by atoms with van der Waals surface area (Å²) in [5.74, 6) is -0.463. The number of carbonyl (C=O) groups is 1. The number of carboxylic acids is 1. The highest BCUT2D eigenvalue weighted by molar-refractivity contribution is 5.67. The molecule has 0 fully saturated rings. The van der Waals surface area contributed by atoms with Gasteiger partial charge in [0.2, 0.25) is 0 Å². The van der Waals surface area contributed by atoms with Crippen molar-refractivity contribution in [3.05, 3.63) is 35.4 Å². The topological polar surface area (TPSA) is 69.6 Å². The van der Waals surface area contributed by atoms with Crippen LogP contribution < -0.4 is 5.32 Å². The van der Waals surface area contributed by atoms with Gasteiger partial charge in [-0.2, -0.15) is 0 Å². The Morgan fingerprint density at radius 2 is 1.89 bits per heavy atom. The van der Waals surface area contributed by atoms with Crippen LogP contribution in [0.4, 0.5) is 0 Å². The van der Waals surface area contributed by atoms with Crippen LogP contribution in [0.2, 0.25) is 0 Å². The molecule has 1 rings (SSSR count). The lowest BCUT2D eigenvalue weighted by Gasteiger charge is -2.10. The summed E-state index contributed by atoms with van der Waals surface area (Å²) >= 11 is 0. The molecule has 4 nitrogen and oxygen atoms in total. The maximum absolute atomic E-state index is 10.4. The van der Waals surface area contributed by atoms with Gasteiger partial charge in [0.25, 0.3) is 0 Å². The van der Waals surface area contributed by atoms with Crippen molar-refractivity contribution in [2.45, 2.75) is 38.8 Å². The Kier molecular flexibility index (Phi) is 5.82. The lowest BCUT2D eigenvalue weighted by molar-refractivity contribution is -0.139. The van der Waals surface area contributed by atoms with Crippen LogP contribution in [0.5, 0.6) is 0 Å². The van der Waals surface area contributed by atoms with E-state index in [0.29, 0.717) is 12.5 Å². The molecule has 4 heteroatoms. The van der Waals surface area contributed by atoms with E-state index in [1.54, 1.807) is 0 Å². The summed E-state index contributed by atoms with van der Waals surface area (Å²) in [6.07, 6.45) is -1.06. The molecule has 1 aromatic carbocycles. The predicted octanol–water partition coefficient (Wildman–Crippen LogP) is 1.74. The smallest absolute Gasteiger partial charge is 0.306 e. The number of aliphatic hydroxyl groups excluding tert-OH is 1. The fraction of sp³-hybridized carbons (Fsp3) is 0.500. The third-order valence-electron chi connectivity index (χ3n) is 2.77. The van der Waals surface area contributed by atoms with E-state index in [4.69, 9.17) is 5.11 Å². The molecule has 0 saturated heterocycles. The largest absolute Gasteiger partial charge is 0.481 e. The summed E-state index contributed by atoms with van der Waals surface area (Å²) in [6.45, 7) is 5.22. The Balaban J connectivity index is 2.33. The van der Waals surface area contributed by atoms with Gasteiger partial charge in [0.05, 0.1) is 12.5 Å². The third kappa shape index (κ3) is 5.29. The molecule has 0 radical (unpaired) electrons. The minimum atomic E-state index is -0.981. The highest BCUT2D eigenvalue weighted by Gasteiger charge is 2.08. The van der Waals surface area contributed by atoms with Crippen molar-refractivity contribution in [3.8, 4) is 0 Å². The van der Waals surface area contributed by atoms with Gasteiger partial charge in [0.15, 0.2) is 0 Å². The van der Waals surface area contributed by atoms with Crippen LogP contribution in [0.15, 0.2) is 24.3 Å². The van der Waals surface area contributed by atoms with E-state index in [1.165, 1.54) is 5.56 Å². The molecule has 1 unspecified atom stereocenters. The van der Waals surface area contributed by atoms with Crippen LogP contribution in [0.25, 0.3) is 0 Å². The number of carboxylic acid groups (broad SMARTS) is 1. The second-order valence-electron chi connectivity index (χ2n) is 4.78. The molecule has 0 aliphatic rings. The molecule has 1 atom stereocenters. The Bertz CT molecular complexity index is 373. The molecule has 1 aromatic rings. The monoisotopic (exact) mass is 251 g/mol. The van der Waals surface area contributed by atoms with Gasteiger partial charge in [-0.15, -0.1) is 0 Å². The number of rotatable bonds is 7. The van der Waals surface area contributed by atoms with E-state index in [9.17, 15) is 9.90 Å². The summed E-state index contributed by atoms with van der Waals surface area (Å²) in [7, 11) is 0. The molecule has 18 heavy (non-hydrogen) atoms. The summed E-state index contributed by atoms with van der Waals surface area (Å²) in [5.41, 5.74) is 2.42. The van der Waals surface area contributed by atoms with Crippen molar-refractivity contribution in [3.63, 3.8) is 0 Å². The first-order chi connectivity index (χ1) is 8.49. The maximum atomic E-state index is 10.4. The number of benzene rings is 1. The van der Waals surface area contributed by atoms with Gasteiger partial charge >= 0.3 is 5.97 Å². The van der Waals surface area contributed by atoms with E-state index in [0.717, 1.165) is 5.56 Å². The molecule has 0 aliphatic carbocycles. The van der Waals surface area contributed by atoms with Crippen molar-refractivity contribution < 1.29 is 15.0 Å². The number of aliphatic carboxylic acids is 1.